The molecule has 0 aliphatic carbocycles. The maximum absolute atomic E-state index is 12.5. The fraction of sp³-hybridized carbons (Fsp3) is 0.294. The average Bonchev–Trinajstić information content (AvgIpc) is 3.09. The molecule has 1 aromatic heterocycles. The van der Waals surface area contributed by atoms with Crippen molar-refractivity contribution in [3.05, 3.63) is 54.4 Å². The molecule has 1 aliphatic heterocycles. The van der Waals surface area contributed by atoms with Crippen molar-refractivity contribution in [1.29, 1.82) is 0 Å². The zero-order valence-corrected chi connectivity index (χ0v) is 12.2. The van der Waals surface area contributed by atoms with E-state index in [1.54, 1.807) is 17.0 Å². The predicted molar refractivity (Wildman–Crippen MR) is 82.0 cm³/mol. The van der Waals surface area contributed by atoms with Gasteiger partial charge in [-0.25, -0.2) is 0 Å². The van der Waals surface area contributed by atoms with Crippen LogP contribution in [-0.2, 0) is 4.79 Å². The Morgan fingerprint density at radius 2 is 1.77 bits per heavy atom. The highest BCUT2D eigenvalue weighted by atomic mass is 16.4. The zero-order chi connectivity index (χ0) is 15.5. The van der Waals surface area contributed by atoms with Crippen molar-refractivity contribution in [2.75, 3.05) is 13.1 Å². The number of carbonyl (C=O) groups excluding carboxylic acids is 1. The Bertz CT molecular complexity index is 662. The summed E-state index contributed by atoms with van der Waals surface area (Å²) < 4.78 is 1.97. The summed E-state index contributed by atoms with van der Waals surface area (Å²) in [5.41, 5.74) is 1.59. The molecular formula is C17H18N2O3. The van der Waals surface area contributed by atoms with Gasteiger partial charge in [-0.2, -0.15) is 0 Å². The maximum atomic E-state index is 12.5. The molecule has 0 radical (unpaired) electrons. The first-order chi connectivity index (χ1) is 10.6. The molecule has 1 N–H and O–H groups in total. The minimum absolute atomic E-state index is 0.0926. The third-order valence-corrected chi connectivity index (χ3v) is 4.07. The van der Waals surface area contributed by atoms with Crippen molar-refractivity contribution < 1.29 is 14.7 Å². The number of likely N-dealkylation sites (tertiary alicyclic amines) is 1. The van der Waals surface area contributed by atoms with E-state index in [1.807, 2.05) is 41.2 Å². The highest BCUT2D eigenvalue weighted by molar-refractivity contribution is 5.94. The van der Waals surface area contributed by atoms with Gasteiger partial charge in [-0.1, -0.05) is 0 Å². The van der Waals surface area contributed by atoms with Crippen LogP contribution in [0.15, 0.2) is 48.8 Å². The molecule has 114 valence electrons. The van der Waals surface area contributed by atoms with Crippen molar-refractivity contribution >= 4 is 11.9 Å². The van der Waals surface area contributed by atoms with Gasteiger partial charge in [0.25, 0.3) is 5.91 Å². The third-order valence-electron chi connectivity index (χ3n) is 4.07. The first kappa shape index (κ1) is 14.4. The minimum atomic E-state index is -0.819. The van der Waals surface area contributed by atoms with E-state index in [1.165, 1.54) is 0 Å². The molecule has 0 unspecified atom stereocenters. The number of amides is 1. The molecule has 5 heteroatoms. The highest BCUT2D eigenvalue weighted by Crippen LogP contribution is 2.19. The summed E-state index contributed by atoms with van der Waals surface area (Å²) in [6, 6.07) is 11.3. The van der Waals surface area contributed by atoms with Crippen LogP contribution in [0.2, 0.25) is 0 Å². The Morgan fingerprint density at radius 3 is 2.41 bits per heavy atom. The van der Waals surface area contributed by atoms with Crippen molar-refractivity contribution in [3.8, 4) is 5.69 Å². The number of carboxylic acids is 1. The second-order valence-electron chi connectivity index (χ2n) is 5.57. The molecule has 0 saturated carbocycles. The van der Waals surface area contributed by atoms with Gasteiger partial charge < -0.3 is 14.6 Å². The fourth-order valence-corrected chi connectivity index (χ4v) is 2.83. The Balaban J connectivity index is 1.73. The Labute approximate surface area is 128 Å². The van der Waals surface area contributed by atoms with Gasteiger partial charge in [-0.15, -0.1) is 0 Å². The molecule has 0 spiro atoms. The van der Waals surface area contributed by atoms with Crippen LogP contribution in [0.1, 0.15) is 23.2 Å². The summed E-state index contributed by atoms with van der Waals surface area (Å²) in [4.78, 5) is 25.2. The largest absolute Gasteiger partial charge is 0.481 e. The average molecular weight is 298 g/mol. The Hall–Kier alpha value is -2.56. The number of piperidine rings is 1. The van der Waals surface area contributed by atoms with Gasteiger partial charge >= 0.3 is 5.97 Å². The molecular weight excluding hydrogens is 280 g/mol. The van der Waals surface area contributed by atoms with Crippen molar-refractivity contribution in [1.82, 2.24) is 9.47 Å². The number of rotatable bonds is 3. The van der Waals surface area contributed by atoms with E-state index in [-0.39, 0.29) is 5.91 Å². The van der Waals surface area contributed by atoms with Gasteiger partial charge in [-0.05, 0) is 49.2 Å². The van der Waals surface area contributed by atoms with E-state index in [0.717, 1.165) is 12.1 Å². The van der Waals surface area contributed by atoms with Crippen molar-refractivity contribution in [2.24, 2.45) is 5.92 Å². The van der Waals surface area contributed by atoms with Gasteiger partial charge in [0.05, 0.1) is 5.92 Å². The fourth-order valence-electron chi connectivity index (χ4n) is 2.83. The molecule has 0 bridgehead atoms. The summed E-state index contributed by atoms with van der Waals surface area (Å²) in [7, 11) is 0. The summed E-state index contributed by atoms with van der Waals surface area (Å²) in [6.07, 6.45) is 5.27. The lowest BCUT2D eigenvalue weighted by Gasteiger charge is -2.30. The van der Waals surface area contributed by atoms with Crippen LogP contribution in [0.3, 0.4) is 0 Å². The molecule has 5 nitrogen and oxygen atoms in total. The van der Waals surface area contributed by atoms with Crippen LogP contribution in [0.5, 0.6) is 0 Å². The molecule has 1 amide bonds. The lowest BCUT2D eigenvalue weighted by atomic mass is 9.97. The van der Waals surface area contributed by atoms with E-state index >= 15 is 0 Å². The standard InChI is InChI=1S/C17H18N2O3/c20-16(19-11-3-4-14(12-19)17(21)22)13-5-7-15(8-6-13)18-9-1-2-10-18/h1-2,5-10,14H,3-4,11-12H2,(H,21,22)/t14-/m1/s1. The van der Waals surface area contributed by atoms with Crippen molar-refractivity contribution in [2.45, 2.75) is 12.8 Å². The predicted octanol–water partition coefficient (Wildman–Crippen LogP) is 2.41. The lowest BCUT2D eigenvalue weighted by molar-refractivity contribution is -0.143. The summed E-state index contributed by atoms with van der Waals surface area (Å²) in [6.45, 7) is 0.926. The van der Waals surface area contributed by atoms with E-state index in [2.05, 4.69) is 0 Å². The van der Waals surface area contributed by atoms with E-state index in [0.29, 0.717) is 25.1 Å². The number of hydrogen-bond donors (Lipinski definition) is 1. The van der Waals surface area contributed by atoms with Crippen LogP contribution >= 0.6 is 0 Å². The molecule has 3 rings (SSSR count). The molecule has 1 aromatic carbocycles. The number of aliphatic carboxylic acids is 1. The maximum Gasteiger partial charge on any atom is 0.308 e. The molecule has 1 atom stereocenters. The molecule has 1 fully saturated rings. The second-order valence-corrected chi connectivity index (χ2v) is 5.57. The van der Waals surface area contributed by atoms with Gasteiger partial charge in [0.2, 0.25) is 0 Å². The van der Waals surface area contributed by atoms with Gasteiger partial charge in [-0.3, -0.25) is 9.59 Å². The zero-order valence-electron chi connectivity index (χ0n) is 12.2. The summed E-state index contributed by atoms with van der Waals surface area (Å²) in [5.74, 6) is -1.36. The summed E-state index contributed by atoms with van der Waals surface area (Å²) in [5, 5.41) is 9.11. The third kappa shape index (κ3) is 2.88. The Morgan fingerprint density at radius 1 is 1.09 bits per heavy atom. The normalized spacial score (nSPS) is 18.2. The van der Waals surface area contributed by atoms with E-state index < -0.39 is 11.9 Å². The van der Waals surface area contributed by atoms with Crippen LogP contribution in [0, 0.1) is 5.92 Å². The van der Waals surface area contributed by atoms with Crippen LogP contribution in [-0.4, -0.2) is 39.5 Å². The number of hydrogen-bond acceptors (Lipinski definition) is 2. The molecule has 2 aromatic rings. The van der Waals surface area contributed by atoms with E-state index in [9.17, 15) is 9.59 Å². The number of carboxylic acid groups (broad SMARTS) is 1. The van der Waals surface area contributed by atoms with Crippen LogP contribution in [0.4, 0.5) is 0 Å². The second kappa shape index (κ2) is 6.05. The van der Waals surface area contributed by atoms with Crippen LogP contribution < -0.4 is 0 Å². The first-order valence-electron chi connectivity index (χ1n) is 7.40. The summed E-state index contributed by atoms with van der Waals surface area (Å²) >= 11 is 0. The van der Waals surface area contributed by atoms with Crippen LogP contribution in [0.25, 0.3) is 5.69 Å². The number of nitrogens with zero attached hydrogens (tertiary/aromatic N) is 2. The monoisotopic (exact) mass is 298 g/mol. The quantitative estimate of drug-likeness (QED) is 0.946. The highest BCUT2D eigenvalue weighted by Gasteiger charge is 2.28. The molecule has 1 saturated heterocycles. The number of carbonyl (C=O) groups is 2. The van der Waals surface area contributed by atoms with Gasteiger partial charge in [0.1, 0.15) is 0 Å². The smallest absolute Gasteiger partial charge is 0.308 e. The topological polar surface area (TPSA) is 62.5 Å². The SMILES string of the molecule is O=C(O)[C@@H]1CCCN(C(=O)c2ccc(-n3cccc3)cc2)C1. The minimum Gasteiger partial charge on any atom is -0.481 e. The number of aromatic nitrogens is 1. The van der Waals surface area contributed by atoms with E-state index in [4.69, 9.17) is 5.11 Å². The number of benzene rings is 1. The first-order valence-corrected chi connectivity index (χ1v) is 7.40. The van der Waals surface area contributed by atoms with Crippen molar-refractivity contribution in [3.63, 3.8) is 0 Å². The molecule has 1 aliphatic rings. The lowest BCUT2D eigenvalue weighted by Crippen LogP contribution is -2.42. The van der Waals surface area contributed by atoms with Gasteiger partial charge in [0.15, 0.2) is 0 Å². The Kier molecular flexibility index (Phi) is 3.96. The molecule has 22 heavy (non-hydrogen) atoms. The van der Waals surface area contributed by atoms with Gasteiger partial charge in [0, 0.05) is 36.7 Å². The molecule has 2 heterocycles.